The summed E-state index contributed by atoms with van der Waals surface area (Å²) in [6, 6.07) is 6.66. The topological polar surface area (TPSA) is 64.2 Å². The fourth-order valence-electron chi connectivity index (χ4n) is 3.92. The highest BCUT2D eigenvalue weighted by Crippen LogP contribution is 2.30. The minimum atomic E-state index is -0.324. The summed E-state index contributed by atoms with van der Waals surface area (Å²) in [6.45, 7) is 1.20. The van der Waals surface area contributed by atoms with Gasteiger partial charge in [-0.05, 0) is 44.2 Å². The Morgan fingerprint density at radius 3 is 2.84 bits per heavy atom. The van der Waals surface area contributed by atoms with E-state index in [0.717, 1.165) is 49.9 Å². The van der Waals surface area contributed by atoms with Gasteiger partial charge < -0.3 is 10.6 Å². The molecular weight excluding hydrogens is 343 g/mol. The van der Waals surface area contributed by atoms with E-state index in [1.165, 1.54) is 6.07 Å². The Morgan fingerprint density at radius 1 is 1.28 bits per heavy atom. The first kappa shape index (κ1) is 17.9. The van der Waals surface area contributed by atoms with Gasteiger partial charge in [-0.15, -0.1) is 12.4 Å². The Bertz CT molecular complexity index is 791. The number of halogens is 2. The van der Waals surface area contributed by atoms with E-state index in [9.17, 15) is 9.18 Å². The Hall–Kier alpha value is -1.92. The van der Waals surface area contributed by atoms with Gasteiger partial charge in [-0.2, -0.15) is 5.10 Å². The number of carbonyl (C=O) groups excluding carboxylic acids is 1. The van der Waals surface area contributed by atoms with Crippen LogP contribution in [-0.2, 0) is 12.8 Å². The number of fused-ring (bicyclic) bond motifs is 1. The lowest BCUT2D eigenvalue weighted by molar-refractivity contribution is 0.0733. The highest BCUT2D eigenvalue weighted by atomic mass is 35.5. The van der Waals surface area contributed by atoms with Gasteiger partial charge in [-0.3, -0.25) is 4.79 Å². The molecule has 0 radical (unpaired) electrons. The number of hydrogen-bond acceptors (Lipinski definition) is 3. The number of rotatable bonds is 3. The molecule has 7 heteroatoms. The number of amides is 1. The molecule has 1 atom stereocenters. The smallest absolute Gasteiger partial charge is 0.274 e. The minimum absolute atomic E-state index is 0. The number of hydrogen-bond donors (Lipinski definition) is 1. The summed E-state index contributed by atoms with van der Waals surface area (Å²) in [5.74, 6) is -0.383. The summed E-state index contributed by atoms with van der Waals surface area (Å²) in [5.41, 5.74) is 8.63. The molecule has 4 rings (SSSR count). The average molecular weight is 365 g/mol. The Morgan fingerprint density at radius 2 is 2.08 bits per heavy atom. The molecule has 25 heavy (non-hydrogen) atoms. The zero-order valence-electron chi connectivity index (χ0n) is 13.9. The zero-order chi connectivity index (χ0) is 16.7. The summed E-state index contributed by atoms with van der Waals surface area (Å²) < 4.78 is 15.8. The fourth-order valence-corrected chi connectivity index (χ4v) is 3.92. The summed E-state index contributed by atoms with van der Waals surface area (Å²) in [4.78, 5) is 14.8. The lowest BCUT2D eigenvalue weighted by Crippen LogP contribution is -2.40. The SMILES string of the molecule is Cl.NCC1CCCN1C(=O)c1nn(-c2ccccc2F)c2c1CCC2. The molecule has 0 bridgehead atoms. The van der Waals surface area contributed by atoms with E-state index in [0.29, 0.717) is 17.9 Å². The Labute approximate surface area is 152 Å². The van der Waals surface area contributed by atoms with Gasteiger partial charge in [-0.1, -0.05) is 12.1 Å². The van der Waals surface area contributed by atoms with Crippen LogP contribution < -0.4 is 5.73 Å². The van der Waals surface area contributed by atoms with Crippen LogP contribution >= 0.6 is 12.4 Å². The Kier molecular flexibility index (Phi) is 5.11. The van der Waals surface area contributed by atoms with E-state index in [4.69, 9.17) is 5.73 Å². The van der Waals surface area contributed by atoms with Crippen LogP contribution in [0.2, 0.25) is 0 Å². The predicted molar refractivity (Wildman–Crippen MR) is 95.9 cm³/mol. The van der Waals surface area contributed by atoms with Crippen molar-refractivity contribution in [2.75, 3.05) is 13.1 Å². The summed E-state index contributed by atoms with van der Waals surface area (Å²) in [7, 11) is 0. The highest BCUT2D eigenvalue weighted by molar-refractivity contribution is 5.94. The van der Waals surface area contributed by atoms with Gasteiger partial charge >= 0.3 is 0 Å². The number of likely N-dealkylation sites (tertiary alicyclic amines) is 1. The molecule has 1 aliphatic heterocycles. The van der Waals surface area contributed by atoms with E-state index < -0.39 is 0 Å². The van der Waals surface area contributed by atoms with Gasteiger partial charge in [0.15, 0.2) is 5.69 Å². The maximum absolute atomic E-state index is 14.2. The van der Waals surface area contributed by atoms with Crippen LogP contribution in [0.1, 0.15) is 41.0 Å². The lowest BCUT2D eigenvalue weighted by atomic mass is 10.1. The molecular formula is C18H22ClFN4O. The number of carbonyl (C=O) groups is 1. The van der Waals surface area contributed by atoms with Gasteiger partial charge in [0.2, 0.25) is 0 Å². The third-order valence-electron chi connectivity index (χ3n) is 5.12. The van der Waals surface area contributed by atoms with E-state index in [-0.39, 0.29) is 30.2 Å². The molecule has 2 heterocycles. The van der Waals surface area contributed by atoms with Crippen molar-refractivity contribution in [3.8, 4) is 5.69 Å². The number of benzene rings is 1. The molecule has 2 aromatic rings. The second-order valence-corrected chi connectivity index (χ2v) is 6.52. The third-order valence-corrected chi connectivity index (χ3v) is 5.12. The van der Waals surface area contributed by atoms with Crippen molar-refractivity contribution in [3.05, 3.63) is 47.0 Å². The molecule has 0 saturated carbocycles. The quantitative estimate of drug-likeness (QED) is 0.910. The van der Waals surface area contributed by atoms with Crippen molar-refractivity contribution in [1.29, 1.82) is 0 Å². The van der Waals surface area contributed by atoms with E-state index in [1.807, 2.05) is 4.90 Å². The van der Waals surface area contributed by atoms with Gasteiger partial charge in [0.1, 0.15) is 11.5 Å². The van der Waals surface area contributed by atoms with Crippen molar-refractivity contribution in [3.63, 3.8) is 0 Å². The number of para-hydroxylation sites is 1. The first-order valence-electron chi connectivity index (χ1n) is 8.57. The first-order chi connectivity index (χ1) is 11.7. The maximum atomic E-state index is 14.2. The van der Waals surface area contributed by atoms with Gasteiger partial charge in [0.05, 0.1) is 0 Å². The highest BCUT2D eigenvalue weighted by Gasteiger charge is 2.34. The number of aromatic nitrogens is 2. The predicted octanol–water partition coefficient (Wildman–Crippen LogP) is 2.49. The maximum Gasteiger partial charge on any atom is 0.274 e. The minimum Gasteiger partial charge on any atom is -0.333 e. The third kappa shape index (κ3) is 2.93. The van der Waals surface area contributed by atoms with Crippen LogP contribution in [0.25, 0.3) is 5.69 Å². The monoisotopic (exact) mass is 364 g/mol. The summed E-state index contributed by atoms with van der Waals surface area (Å²) >= 11 is 0. The van der Waals surface area contributed by atoms with Crippen molar-refractivity contribution in [2.24, 2.45) is 5.73 Å². The van der Waals surface area contributed by atoms with Gasteiger partial charge in [0, 0.05) is 30.4 Å². The van der Waals surface area contributed by atoms with Crippen molar-refractivity contribution in [1.82, 2.24) is 14.7 Å². The first-order valence-corrected chi connectivity index (χ1v) is 8.57. The normalized spacial score (nSPS) is 19.0. The van der Waals surface area contributed by atoms with Crippen LogP contribution in [0.5, 0.6) is 0 Å². The molecule has 5 nitrogen and oxygen atoms in total. The standard InChI is InChI=1S/C18H21FN4O.ClH/c19-14-7-1-2-8-16(14)23-15-9-3-6-13(15)17(21-23)18(24)22-10-4-5-12(22)11-20;/h1-2,7-8,12H,3-6,9-11,20H2;1H. The molecule has 1 fully saturated rings. The van der Waals surface area contributed by atoms with Crippen LogP contribution in [-0.4, -0.2) is 39.7 Å². The molecule has 1 unspecified atom stereocenters. The Balaban J connectivity index is 0.00000182. The van der Waals surface area contributed by atoms with Crippen molar-refractivity contribution >= 4 is 18.3 Å². The second-order valence-electron chi connectivity index (χ2n) is 6.52. The lowest BCUT2D eigenvalue weighted by Gasteiger charge is -2.22. The van der Waals surface area contributed by atoms with Crippen LogP contribution in [0.3, 0.4) is 0 Å². The van der Waals surface area contributed by atoms with Crippen molar-refractivity contribution in [2.45, 2.75) is 38.1 Å². The molecule has 0 spiro atoms. The molecule has 1 aromatic heterocycles. The van der Waals surface area contributed by atoms with E-state index in [1.54, 1.807) is 22.9 Å². The van der Waals surface area contributed by atoms with Crippen LogP contribution in [0.15, 0.2) is 24.3 Å². The summed E-state index contributed by atoms with van der Waals surface area (Å²) in [6.07, 6.45) is 4.54. The largest absolute Gasteiger partial charge is 0.333 e. The molecule has 1 aliphatic carbocycles. The van der Waals surface area contributed by atoms with E-state index in [2.05, 4.69) is 5.10 Å². The molecule has 1 saturated heterocycles. The molecule has 134 valence electrons. The van der Waals surface area contributed by atoms with E-state index >= 15 is 0 Å². The number of nitrogens with zero attached hydrogens (tertiary/aromatic N) is 3. The fraction of sp³-hybridized carbons (Fsp3) is 0.444. The van der Waals surface area contributed by atoms with Crippen LogP contribution in [0.4, 0.5) is 4.39 Å². The zero-order valence-corrected chi connectivity index (χ0v) is 14.8. The molecule has 2 N–H and O–H groups in total. The van der Waals surface area contributed by atoms with Crippen LogP contribution in [0, 0.1) is 5.82 Å². The van der Waals surface area contributed by atoms with Gasteiger partial charge in [0.25, 0.3) is 5.91 Å². The molecule has 1 amide bonds. The molecule has 2 aliphatic rings. The van der Waals surface area contributed by atoms with Gasteiger partial charge in [-0.25, -0.2) is 9.07 Å². The average Bonchev–Trinajstić information content (AvgIpc) is 3.30. The number of nitrogens with two attached hydrogens (primary N) is 1. The summed E-state index contributed by atoms with van der Waals surface area (Å²) in [5, 5.41) is 4.52. The van der Waals surface area contributed by atoms with Crippen molar-refractivity contribution < 1.29 is 9.18 Å². The molecule has 1 aromatic carbocycles. The second kappa shape index (κ2) is 7.14.